The van der Waals surface area contributed by atoms with E-state index in [-0.39, 0.29) is 78.7 Å². The Labute approximate surface area is 653 Å². The van der Waals surface area contributed by atoms with Crippen molar-refractivity contribution >= 4 is 107 Å². The van der Waals surface area contributed by atoms with Crippen LogP contribution in [0.3, 0.4) is 0 Å². The van der Waals surface area contributed by atoms with Crippen LogP contribution in [0.5, 0.6) is 0 Å². The fourth-order valence-corrected chi connectivity index (χ4v) is 14.9. The molecule has 0 spiro atoms. The topological polar surface area (TPSA) is 413 Å². The number of nitriles is 1. The zero-order chi connectivity index (χ0) is 83.0. The molecular weight excluding hydrogens is 1460 g/mol. The summed E-state index contributed by atoms with van der Waals surface area (Å²) in [6, 6.07) is -1.13. The number of hydrogen-bond donors (Lipinski definition) is 9. The molecule has 0 aromatic rings. The van der Waals surface area contributed by atoms with Crippen LogP contribution in [0, 0.1) is 17.9 Å². The molecule has 27 atom stereocenters. The summed E-state index contributed by atoms with van der Waals surface area (Å²) < 4.78 is 76.3. The van der Waals surface area contributed by atoms with E-state index in [1.165, 1.54) is 35.2 Å². The second kappa shape index (κ2) is 54.6. The van der Waals surface area contributed by atoms with Crippen molar-refractivity contribution in [3.8, 4) is 6.07 Å². The van der Waals surface area contributed by atoms with Gasteiger partial charge in [-0.3, -0.25) is 38.3 Å². The van der Waals surface area contributed by atoms with Gasteiger partial charge in [0.15, 0.2) is 14.5 Å². The Kier molecular flexibility index (Phi) is 52.6. The summed E-state index contributed by atoms with van der Waals surface area (Å²) >= 11 is 6.44. The number of nitrogens with one attached hydrogen (secondary N) is 6. The highest BCUT2D eigenvalue weighted by molar-refractivity contribution is 7.91. The van der Waals surface area contributed by atoms with Gasteiger partial charge in [-0.15, -0.1) is 0 Å². The predicted octanol–water partition coefficient (Wildman–Crippen LogP) is 1.90. The molecule has 5 heterocycles. The van der Waals surface area contributed by atoms with Crippen molar-refractivity contribution in [1.29, 1.82) is 5.26 Å². The molecule has 5 aliphatic heterocycles. The first-order chi connectivity index (χ1) is 50.7. The Morgan fingerprint density at radius 2 is 0.824 bits per heavy atom. The normalized spacial score (nSPS) is 30.3. The van der Waals surface area contributed by atoms with Gasteiger partial charge in [-0.2, -0.15) is 5.26 Å². The van der Waals surface area contributed by atoms with Gasteiger partial charge in [0, 0.05) is 110 Å². The second-order valence-corrected chi connectivity index (χ2v) is 32.3. The minimum absolute atomic E-state index is 0.0337. The van der Waals surface area contributed by atoms with E-state index < -0.39 is 148 Å². The summed E-state index contributed by atoms with van der Waals surface area (Å²) in [6.45, 7) is 35.0. The molecular formula is C68H121B5ClN9O23P2. The molecule has 10 radical (unpaired) electrons. The average Bonchev–Trinajstić information content (AvgIpc) is 1.71. The first-order valence-corrected chi connectivity index (χ1v) is 41.1. The molecule has 5 fully saturated rings. The molecule has 0 aromatic heterocycles. The molecule has 108 heavy (non-hydrogen) atoms. The van der Waals surface area contributed by atoms with E-state index >= 15 is 0 Å². The van der Waals surface area contributed by atoms with Crippen LogP contribution in [0.4, 0.5) is 0 Å². The van der Waals surface area contributed by atoms with Gasteiger partial charge in [0.1, 0.15) is 131 Å². The number of aliphatic hydroxyl groups is 3. The van der Waals surface area contributed by atoms with Crippen molar-refractivity contribution in [3.63, 3.8) is 0 Å². The van der Waals surface area contributed by atoms with Gasteiger partial charge in [-0.25, -0.2) is 6.57 Å². The smallest absolute Gasteiger partial charge is 0.306 e. The Morgan fingerprint density at radius 3 is 1.10 bits per heavy atom. The van der Waals surface area contributed by atoms with Crippen LogP contribution in [-0.2, 0) is 94.7 Å². The zero-order valence-corrected chi connectivity index (χ0v) is 69.4. The maximum Gasteiger partial charge on any atom is 0.306 e. The van der Waals surface area contributed by atoms with Crippen LogP contribution < -0.4 is 31.9 Å². The van der Waals surface area contributed by atoms with Crippen molar-refractivity contribution in [3.05, 3.63) is 11.4 Å². The first kappa shape index (κ1) is 104. The monoisotopic (exact) mass is 1580 g/mol. The van der Waals surface area contributed by atoms with Crippen LogP contribution in [0.2, 0.25) is 0 Å². The molecule has 5 aliphatic rings. The highest BCUT2D eigenvalue weighted by Gasteiger charge is 2.49. The third-order valence-corrected chi connectivity index (χ3v) is 23.6. The summed E-state index contributed by atoms with van der Waals surface area (Å²) in [4.78, 5) is 83.5. The van der Waals surface area contributed by atoms with Gasteiger partial charge in [0.25, 0.3) is 0 Å². The quantitative estimate of drug-likeness (QED) is 0.0149. The van der Waals surface area contributed by atoms with Crippen LogP contribution >= 0.6 is 26.0 Å². The predicted molar refractivity (Wildman–Crippen MR) is 412 cm³/mol. The van der Waals surface area contributed by atoms with Crippen LogP contribution in [-0.4, -0.2) is 328 Å². The molecule has 0 aromatic carbocycles. The van der Waals surface area contributed by atoms with Gasteiger partial charge >= 0.3 is 5.97 Å². The van der Waals surface area contributed by atoms with Crippen LogP contribution in [0.25, 0.3) is 4.85 Å². The van der Waals surface area contributed by atoms with E-state index in [2.05, 4.69) is 61.4 Å². The minimum atomic E-state index is -1.74. The molecule has 9 N–H and O–H groups in total. The number of carbonyl (C=O) groups is 7. The molecule has 5 saturated heterocycles. The molecule has 0 saturated carbocycles. The van der Waals surface area contributed by atoms with Gasteiger partial charge < -0.3 is 113 Å². The summed E-state index contributed by atoms with van der Waals surface area (Å²) in [5, 5.41) is 52.9. The Morgan fingerprint density at radius 1 is 0.519 bits per heavy atom. The maximum atomic E-state index is 12.0. The van der Waals surface area contributed by atoms with E-state index in [0.29, 0.717) is 57.3 Å². The van der Waals surface area contributed by atoms with Crippen molar-refractivity contribution < 1.29 is 110 Å². The first-order valence-electron chi connectivity index (χ1n) is 36.6. The number of nitrogens with zero attached hydrogens (tertiary/aromatic N) is 3. The Bertz CT molecular complexity index is 2690. The summed E-state index contributed by atoms with van der Waals surface area (Å²) in [5.74, 6) is -2.09. The SMILES string of the molecule is CC(C)N=P(Cl)(CCC#N)C(C)C.[B][C@@H]1O[C@H](CC)C(O)[C@@H]1OC(C)C(=O)NC.[B][C@@H]1O[C@H](CC)C(O)[C@@H]1OC(C)C(=O)NC.[B][C@@H]1O[C@H](CC)C(O)[C@@H]1O[C@@H](C)C(=O)NC.[B][C@@H]1O[C@H](CC)C(OC(=O)CCC(=O)NC)[C@@H]1OC(C)C(=O)NC.[B][C@@H]1O[C@H](CC)C(OP(C)OCC[N+]#[C-])[C@@H]1OC(C)C(=O)NC. The molecule has 40 heteroatoms. The highest BCUT2D eigenvalue weighted by atomic mass is 35.7. The lowest BCUT2D eigenvalue weighted by Gasteiger charge is -2.28. The summed E-state index contributed by atoms with van der Waals surface area (Å²) in [5.41, 5.74) is 0.380. The van der Waals surface area contributed by atoms with Gasteiger partial charge in [-0.05, 0) is 80.6 Å². The van der Waals surface area contributed by atoms with E-state index in [0.717, 1.165) is 6.16 Å². The number of hydrogen-bond acceptors (Lipinski definition) is 25. The zero-order valence-electron chi connectivity index (χ0n) is 66.9. The standard InChI is InChI=1S/C15H25BN2O6.C14H24BN2O5P.3C10H18BNO4.C9H18ClN2P/c1-5-9-12(24-11(20)7-6-10(19)17-3)13(14(16)23-9)22-8(2)15(21)18-4;1-6-10-11(22-23(5)19-8-7-16-3)12(13(15)21-10)20-9(2)14(18)17-4;3*1-4-6-7(13)8(9(11)16-6)15-5(2)10(14)12-3;1-8(2)12-13(10,9(3)4)7-5-6-11/h8-9,12-14H,5-7H2,1-4H3,(H,17,19)(H,18,21);9-13H,6-8H2,1-2,4-5H3,(H,17,18);3*5-9,13H,4H2,1-3H3,(H,12,14);8-9H,5,7H2,1-4H3/t8?,9-,12?,13+,14-;9?,10-,11?,12+,13-,23?;2*5?,6-,7?,8+,9-;5-,6+,7?,8-,9+;/m11110./s1. The second-order valence-electron chi connectivity index (χ2n) is 26.0. The van der Waals surface area contributed by atoms with E-state index in [1.54, 1.807) is 41.7 Å². The number of esters is 1. The lowest BCUT2D eigenvalue weighted by atomic mass is 9.92. The molecule has 0 aliphatic carbocycles. The van der Waals surface area contributed by atoms with E-state index in [1.807, 2.05) is 55.1 Å². The number of aliphatic hydroxyl groups excluding tert-OH is 3. The number of rotatable bonds is 33. The number of amides is 6. The maximum absolute atomic E-state index is 12.0. The molecule has 608 valence electrons. The fourth-order valence-electron chi connectivity index (χ4n) is 11.0. The highest BCUT2D eigenvalue weighted by Crippen LogP contribution is 2.60. The van der Waals surface area contributed by atoms with Crippen molar-refractivity contribution in [1.82, 2.24) is 31.9 Å². The van der Waals surface area contributed by atoms with Crippen molar-refractivity contribution in [2.75, 3.05) is 68.3 Å². The molecule has 32 nitrogen and oxygen atoms in total. The Balaban J connectivity index is 0.00000129. The number of halogens is 1. The number of likely N-dealkylation sites (N-methyl/N-ethyl adjacent to an activating group) is 5. The lowest BCUT2D eigenvalue weighted by Crippen LogP contribution is -2.44. The molecule has 6 amide bonds. The van der Waals surface area contributed by atoms with Gasteiger partial charge in [0.2, 0.25) is 42.0 Å². The number of carbonyl (C=O) groups excluding carboxylic acids is 7. The van der Waals surface area contributed by atoms with E-state index in [9.17, 15) is 48.9 Å². The van der Waals surface area contributed by atoms with Crippen molar-refractivity contribution in [2.24, 2.45) is 4.74 Å². The summed E-state index contributed by atoms with van der Waals surface area (Å²) in [7, 11) is 36.9. The van der Waals surface area contributed by atoms with Crippen LogP contribution in [0.15, 0.2) is 4.74 Å². The fraction of sp³-hybridized carbons (Fsp3) is 0.868. The third kappa shape index (κ3) is 35.1. The van der Waals surface area contributed by atoms with Crippen molar-refractivity contribution in [2.45, 2.75) is 312 Å². The third-order valence-electron chi connectivity index (χ3n) is 17.3. The lowest BCUT2D eigenvalue weighted by molar-refractivity contribution is -0.162. The molecule has 0 bridgehead atoms. The van der Waals surface area contributed by atoms with Gasteiger partial charge in [-0.1, -0.05) is 59.7 Å². The van der Waals surface area contributed by atoms with Gasteiger partial charge in [0.05, 0.1) is 49.4 Å². The largest absolute Gasteiger partial charge is 0.457 e. The minimum Gasteiger partial charge on any atom is -0.457 e. The van der Waals surface area contributed by atoms with Crippen LogP contribution in [0.1, 0.15) is 148 Å². The summed E-state index contributed by atoms with van der Waals surface area (Å²) in [6.07, 6.45) is -9.04. The average molecular weight is 1580 g/mol. The number of ether oxygens (including phenoxy) is 11. The molecule has 5 rings (SSSR count). The van der Waals surface area contributed by atoms with E-state index in [4.69, 9.17) is 123 Å². The Hall–Kier alpha value is -4.06. The molecule has 11 unspecified atom stereocenters.